The Morgan fingerprint density at radius 3 is 2.32 bits per heavy atom. The maximum absolute atomic E-state index is 12.4. The van der Waals surface area contributed by atoms with Gasteiger partial charge >= 0.3 is 0 Å². The van der Waals surface area contributed by atoms with E-state index in [0.717, 1.165) is 18.8 Å². The zero-order valence-corrected chi connectivity index (χ0v) is 17.1. The van der Waals surface area contributed by atoms with E-state index in [9.17, 15) is 9.59 Å². The number of anilines is 1. The van der Waals surface area contributed by atoms with E-state index in [2.05, 4.69) is 53.5 Å². The van der Waals surface area contributed by atoms with Crippen LogP contribution in [0.4, 0.5) is 5.69 Å². The van der Waals surface area contributed by atoms with E-state index in [1.165, 1.54) is 16.8 Å². The van der Waals surface area contributed by atoms with Crippen molar-refractivity contribution < 1.29 is 9.59 Å². The fourth-order valence-corrected chi connectivity index (χ4v) is 3.95. The molecule has 148 valence electrons. The van der Waals surface area contributed by atoms with Crippen molar-refractivity contribution in [2.24, 2.45) is 0 Å². The fraction of sp³-hybridized carbons (Fsp3) is 0.364. The van der Waals surface area contributed by atoms with E-state index >= 15 is 0 Å². The summed E-state index contributed by atoms with van der Waals surface area (Å²) in [4.78, 5) is 28.5. The molecule has 6 heteroatoms. The number of aryl methyl sites for hydroxylation is 1. The number of nitrogens with one attached hydrogen (secondary N) is 1. The summed E-state index contributed by atoms with van der Waals surface area (Å²) in [5, 5.41) is 2.75. The summed E-state index contributed by atoms with van der Waals surface area (Å²) >= 11 is 1.56. The van der Waals surface area contributed by atoms with Gasteiger partial charge in [-0.3, -0.25) is 9.59 Å². The first-order valence-corrected chi connectivity index (χ1v) is 10.7. The smallest absolute Gasteiger partial charge is 0.242 e. The topological polar surface area (TPSA) is 52.7 Å². The van der Waals surface area contributed by atoms with Crippen LogP contribution in [0, 0.1) is 6.92 Å². The van der Waals surface area contributed by atoms with Crippen LogP contribution in [0.15, 0.2) is 54.6 Å². The van der Waals surface area contributed by atoms with Crippen LogP contribution in [0.1, 0.15) is 11.1 Å². The molecule has 0 saturated carbocycles. The van der Waals surface area contributed by atoms with Gasteiger partial charge in [0.05, 0.1) is 12.3 Å². The van der Waals surface area contributed by atoms with Gasteiger partial charge < -0.3 is 15.1 Å². The first-order chi connectivity index (χ1) is 13.6. The van der Waals surface area contributed by atoms with Crippen LogP contribution < -0.4 is 10.2 Å². The highest BCUT2D eigenvalue weighted by molar-refractivity contribution is 7.99. The Kier molecular flexibility index (Phi) is 7.37. The molecule has 1 fully saturated rings. The number of amides is 2. The molecule has 1 aliphatic heterocycles. The van der Waals surface area contributed by atoms with Gasteiger partial charge in [0, 0.05) is 37.6 Å². The second kappa shape index (κ2) is 10.2. The van der Waals surface area contributed by atoms with Crippen LogP contribution in [0.25, 0.3) is 0 Å². The zero-order valence-electron chi connectivity index (χ0n) is 16.3. The molecule has 1 aliphatic rings. The fourth-order valence-electron chi connectivity index (χ4n) is 3.14. The minimum Gasteiger partial charge on any atom is -0.368 e. The third kappa shape index (κ3) is 6.02. The lowest BCUT2D eigenvalue weighted by atomic mass is 10.2. The first-order valence-electron chi connectivity index (χ1n) is 9.59. The Labute approximate surface area is 171 Å². The number of hydrogen-bond acceptors (Lipinski definition) is 4. The van der Waals surface area contributed by atoms with E-state index in [1.54, 1.807) is 11.8 Å². The van der Waals surface area contributed by atoms with E-state index in [-0.39, 0.29) is 18.4 Å². The molecule has 0 atom stereocenters. The molecule has 0 unspecified atom stereocenters. The number of thioether (sulfide) groups is 1. The summed E-state index contributed by atoms with van der Waals surface area (Å²) in [5.74, 6) is 1.06. The maximum atomic E-state index is 12.4. The molecule has 1 heterocycles. The highest BCUT2D eigenvalue weighted by Crippen LogP contribution is 2.15. The van der Waals surface area contributed by atoms with Gasteiger partial charge in [-0.15, -0.1) is 11.8 Å². The molecule has 0 bridgehead atoms. The molecule has 0 spiro atoms. The molecule has 3 rings (SSSR count). The number of rotatable bonds is 7. The third-order valence-corrected chi connectivity index (χ3v) is 5.82. The number of piperazine rings is 1. The Morgan fingerprint density at radius 2 is 1.64 bits per heavy atom. The van der Waals surface area contributed by atoms with Gasteiger partial charge in [0.25, 0.3) is 0 Å². The van der Waals surface area contributed by atoms with Crippen LogP contribution in [0.2, 0.25) is 0 Å². The van der Waals surface area contributed by atoms with Gasteiger partial charge in [0.15, 0.2) is 0 Å². The van der Waals surface area contributed by atoms with Crippen molar-refractivity contribution in [3.63, 3.8) is 0 Å². The molecule has 2 aromatic rings. The van der Waals surface area contributed by atoms with E-state index in [0.29, 0.717) is 18.8 Å². The predicted molar refractivity (Wildman–Crippen MR) is 116 cm³/mol. The van der Waals surface area contributed by atoms with Gasteiger partial charge in [-0.1, -0.05) is 48.0 Å². The zero-order chi connectivity index (χ0) is 19.8. The molecular formula is C22H27N3O2S. The number of para-hydroxylation sites is 1. The largest absolute Gasteiger partial charge is 0.368 e. The average molecular weight is 398 g/mol. The van der Waals surface area contributed by atoms with Crippen LogP contribution >= 0.6 is 11.8 Å². The Hall–Kier alpha value is -2.47. The lowest BCUT2D eigenvalue weighted by Gasteiger charge is -2.36. The molecule has 0 aromatic heterocycles. The minimum atomic E-state index is -0.0895. The van der Waals surface area contributed by atoms with Gasteiger partial charge in [0.2, 0.25) is 11.8 Å². The minimum absolute atomic E-state index is 0.00963. The summed E-state index contributed by atoms with van der Waals surface area (Å²) < 4.78 is 0. The average Bonchev–Trinajstić information content (AvgIpc) is 2.74. The molecular weight excluding hydrogens is 370 g/mol. The Morgan fingerprint density at radius 1 is 0.964 bits per heavy atom. The number of carbonyl (C=O) groups is 2. The Bertz CT molecular complexity index is 772. The molecule has 1 N–H and O–H groups in total. The second-order valence-electron chi connectivity index (χ2n) is 6.96. The lowest BCUT2D eigenvalue weighted by molar-refractivity contribution is -0.132. The van der Waals surface area contributed by atoms with Crippen molar-refractivity contribution in [1.29, 1.82) is 0 Å². The molecule has 0 radical (unpaired) electrons. The van der Waals surface area contributed by atoms with Gasteiger partial charge in [0.1, 0.15) is 0 Å². The highest BCUT2D eigenvalue weighted by Gasteiger charge is 2.21. The molecule has 28 heavy (non-hydrogen) atoms. The van der Waals surface area contributed by atoms with Crippen LogP contribution in [-0.4, -0.2) is 55.2 Å². The first kappa shape index (κ1) is 20.3. The van der Waals surface area contributed by atoms with Gasteiger partial charge in [-0.2, -0.15) is 0 Å². The van der Waals surface area contributed by atoms with Crippen LogP contribution in [0.5, 0.6) is 0 Å². The van der Waals surface area contributed by atoms with Crippen molar-refractivity contribution in [1.82, 2.24) is 10.2 Å². The summed E-state index contributed by atoms with van der Waals surface area (Å²) in [5.41, 5.74) is 3.62. The second-order valence-corrected chi connectivity index (χ2v) is 7.94. The summed E-state index contributed by atoms with van der Waals surface area (Å²) in [6.07, 6.45) is 0. The van der Waals surface area contributed by atoms with Crippen LogP contribution in [0.3, 0.4) is 0 Å². The standard InChI is InChI=1S/C22H27N3O2S/c1-18-7-9-19(10-8-18)16-28-17-21(26)23-15-22(27)25-13-11-24(12-14-25)20-5-3-2-4-6-20/h2-10H,11-17H2,1H3,(H,23,26). The monoisotopic (exact) mass is 397 g/mol. The SMILES string of the molecule is Cc1ccc(CSCC(=O)NCC(=O)N2CCN(c3ccccc3)CC2)cc1. The van der Waals surface area contributed by atoms with Crippen molar-refractivity contribution >= 4 is 29.3 Å². The van der Waals surface area contributed by atoms with Crippen LogP contribution in [-0.2, 0) is 15.3 Å². The van der Waals surface area contributed by atoms with Crippen molar-refractivity contribution in [3.05, 3.63) is 65.7 Å². The molecule has 2 aromatic carbocycles. The summed E-state index contributed by atoms with van der Waals surface area (Å²) in [6.45, 7) is 5.14. The van der Waals surface area contributed by atoms with Crippen molar-refractivity contribution in [2.45, 2.75) is 12.7 Å². The number of nitrogens with zero attached hydrogens (tertiary/aromatic N) is 2. The number of hydrogen-bond donors (Lipinski definition) is 1. The highest BCUT2D eigenvalue weighted by atomic mass is 32.2. The lowest BCUT2D eigenvalue weighted by Crippen LogP contribution is -2.51. The molecule has 1 saturated heterocycles. The van der Waals surface area contributed by atoms with Crippen molar-refractivity contribution in [2.75, 3.05) is 43.4 Å². The molecule has 5 nitrogen and oxygen atoms in total. The van der Waals surface area contributed by atoms with Gasteiger partial charge in [-0.05, 0) is 24.6 Å². The molecule has 0 aliphatic carbocycles. The van der Waals surface area contributed by atoms with E-state index in [1.807, 2.05) is 23.1 Å². The number of carbonyl (C=O) groups excluding carboxylic acids is 2. The molecule has 2 amide bonds. The Balaban J connectivity index is 1.33. The maximum Gasteiger partial charge on any atom is 0.242 e. The third-order valence-electron chi connectivity index (χ3n) is 4.81. The summed E-state index contributed by atoms with van der Waals surface area (Å²) in [7, 11) is 0. The van der Waals surface area contributed by atoms with E-state index < -0.39 is 0 Å². The summed E-state index contributed by atoms with van der Waals surface area (Å²) in [6, 6.07) is 18.6. The number of benzene rings is 2. The quantitative estimate of drug-likeness (QED) is 0.781. The van der Waals surface area contributed by atoms with Gasteiger partial charge in [-0.25, -0.2) is 0 Å². The van der Waals surface area contributed by atoms with E-state index in [4.69, 9.17) is 0 Å². The normalized spacial score (nSPS) is 14.0. The predicted octanol–water partition coefficient (Wildman–Crippen LogP) is 2.69. The van der Waals surface area contributed by atoms with Crippen molar-refractivity contribution in [3.8, 4) is 0 Å².